The molecule has 0 bridgehead atoms. The largest absolute Gasteiger partial charge is 0.366 e. The van der Waals surface area contributed by atoms with Crippen molar-refractivity contribution in [3.8, 4) is 0 Å². The molecule has 2 heterocycles. The molecular formula is C18H19N4O3. The molecule has 1 fully saturated rings. The maximum atomic E-state index is 12.5. The van der Waals surface area contributed by atoms with E-state index in [9.17, 15) is 14.4 Å². The molecule has 0 aliphatic carbocycles. The number of aromatic nitrogens is 2. The van der Waals surface area contributed by atoms with Gasteiger partial charge in [-0.25, -0.2) is 0 Å². The van der Waals surface area contributed by atoms with Crippen LogP contribution in [-0.4, -0.2) is 39.4 Å². The summed E-state index contributed by atoms with van der Waals surface area (Å²) in [6.07, 6.45) is 7.40. The van der Waals surface area contributed by atoms with Crippen LogP contribution in [0, 0.1) is 6.42 Å². The molecule has 2 aromatic rings. The topological polar surface area (TPSA) is 98.3 Å². The summed E-state index contributed by atoms with van der Waals surface area (Å²) in [4.78, 5) is 41.3. The number of likely N-dealkylation sites (tertiary alicyclic amines) is 1. The first-order valence-corrected chi connectivity index (χ1v) is 8.11. The molecule has 3 rings (SSSR count). The third-order valence-corrected chi connectivity index (χ3v) is 4.43. The quantitative estimate of drug-likeness (QED) is 0.889. The molecule has 0 unspecified atom stereocenters. The number of carbonyl (C=O) groups excluding carboxylic acids is 2. The van der Waals surface area contributed by atoms with Crippen molar-refractivity contribution >= 4 is 11.8 Å². The summed E-state index contributed by atoms with van der Waals surface area (Å²) in [5.41, 5.74) is 6.06. The first-order valence-electron chi connectivity index (χ1n) is 8.11. The molecule has 1 aromatic carbocycles. The van der Waals surface area contributed by atoms with Gasteiger partial charge in [-0.3, -0.25) is 19.4 Å². The Morgan fingerprint density at radius 3 is 2.60 bits per heavy atom. The molecule has 7 nitrogen and oxygen atoms in total. The summed E-state index contributed by atoms with van der Waals surface area (Å²) in [5, 5.41) is 0. The first-order chi connectivity index (χ1) is 12.1. The van der Waals surface area contributed by atoms with E-state index in [1.54, 1.807) is 46.1 Å². The van der Waals surface area contributed by atoms with Gasteiger partial charge in [-0.2, -0.15) is 0 Å². The molecule has 129 valence electrons. The van der Waals surface area contributed by atoms with Gasteiger partial charge in [0, 0.05) is 37.1 Å². The molecule has 1 aliphatic rings. The minimum absolute atomic E-state index is 0.0671. The Kier molecular flexibility index (Phi) is 4.92. The van der Waals surface area contributed by atoms with Crippen LogP contribution in [0.15, 0.2) is 47.7 Å². The highest BCUT2D eigenvalue weighted by Crippen LogP contribution is 2.22. The number of primary amides is 1. The lowest BCUT2D eigenvalue weighted by atomic mass is 10.0. The van der Waals surface area contributed by atoms with Gasteiger partial charge in [0.15, 0.2) is 0 Å². The summed E-state index contributed by atoms with van der Waals surface area (Å²) in [7, 11) is 0. The van der Waals surface area contributed by atoms with Gasteiger partial charge in [0.1, 0.15) is 0 Å². The normalized spacial score (nSPS) is 15.1. The van der Waals surface area contributed by atoms with Crippen LogP contribution in [-0.2, 0) is 4.79 Å². The smallest absolute Gasteiger partial charge is 0.269 e. The van der Waals surface area contributed by atoms with Crippen molar-refractivity contribution in [2.75, 3.05) is 13.1 Å². The number of carbonyl (C=O) groups is 2. The highest BCUT2D eigenvalue weighted by molar-refractivity contribution is 5.98. The van der Waals surface area contributed by atoms with Gasteiger partial charge in [0.25, 0.3) is 5.56 Å². The number of hydrogen-bond acceptors (Lipinski definition) is 4. The van der Waals surface area contributed by atoms with Crippen molar-refractivity contribution < 1.29 is 9.59 Å². The summed E-state index contributed by atoms with van der Waals surface area (Å²) < 4.78 is 1.67. The molecule has 0 atom stereocenters. The Morgan fingerprint density at radius 1 is 1.20 bits per heavy atom. The standard InChI is InChI=1S/C18H19N4O3/c19-18(25)15-4-2-1-3-13(15)11-16(23)21-8-5-14(6-9-21)22-10-7-20-12-17(22)24/h1-4,7,10-12,14H,5-6,8-9H2,(H2,19,25). The third kappa shape index (κ3) is 3.76. The van der Waals surface area contributed by atoms with E-state index in [1.807, 2.05) is 0 Å². The Balaban J connectivity index is 1.64. The highest BCUT2D eigenvalue weighted by atomic mass is 16.2. The van der Waals surface area contributed by atoms with E-state index in [0.717, 1.165) is 0 Å². The zero-order chi connectivity index (χ0) is 17.8. The van der Waals surface area contributed by atoms with Gasteiger partial charge in [0.2, 0.25) is 11.8 Å². The summed E-state index contributed by atoms with van der Waals surface area (Å²) >= 11 is 0. The van der Waals surface area contributed by atoms with Gasteiger partial charge in [-0.1, -0.05) is 18.2 Å². The lowest BCUT2D eigenvalue weighted by Gasteiger charge is -2.32. The monoisotopic (exact) mass is 339 g/mol. The molecule has 7 heteroatoms. The number of rotatable bonds is 4. The second kappa shape index (κ2) is 7.29. The first kappa shape index (κ1) is 16.9. The lowest BCUT2D eigenvalue weighted by Crippen LogP contribution is -2.41. The summed E-state index contributed by atoms with van der Waals surface area (Å²) in [6.45, 7) is 1.10. The zero-order valence-corrected chi connectivity index (χ0v) is 13.7. The maximum absolute atomic E-state index is 12.5. The molecule has 1 radical (unpaired) electrons. The molecule has 25 heavy (non-hydrogen) atoms. The van der Waals surface area contributed by atoms with E-state index in [1.165, 1.54) is 12.6 Å². The minimum atomic E-state index is -0.560. The maximum Gasteiger partial charge on any atom is 0.269 e. The number of benzene rings is 1. The van der Waals surface area contributed by atoms with Crippen LogP contribution in [0.3, 0.4) is 0 Å². The van der Waals surface area contributed by atoms with Crippen LogP contribution >= 0.6 is 0 Å². The zero-order valence-electron chi connectivity index (χ0n) is 13.7. The van der Waals surface area contributed by atoms with E-state index >= 15 is 0 Å². The molecule has 2 amide bonds. The van der Waals surface area contributed by atoms with Crippen molar-refractivity contribution in [2.45, 2.75) is 18.9 Å². The minimum Gasteiger partial charge on any atom is -0.366 e. The number of amides is 2. The molecule has 0 spiro atoms. The van der Waals surface area contributed by atoms with Crippen LogP contribution in [0.5, 0.6) is 0 Å². The second-order valence-corrected chi connectivity index (χ2v) is 5.97. The fourth-order valence-corrected chi connectivity index (χ4v) is 3.09. The fraction of sp³-hybridized carbons (Fsp3) is 0.278. The van der Waals surface area contributed by atoms with Gasteiger partial charge in [-0.15, -0.1) is 0 Å². The molecule has 1 saturated heterocycles. The highest BCUT2D eigenvalue weighted by Gasteiger charge is 2.25. The van der Waals surface area contributed by atoms with Crippen LogP contribution in [0.2, 0.25) is 0 Å². The Morgan fingerprint density at radius 2 is 1.92 bits per heavy atom. The van der Waals surface area contributed by atoms with E-state index in [-0.39, 0.29) is 17.5 Å². The lowest BCUT2D eigenvalue weighted by molar-refractivity contribution is -0.128. The van der Waals surface area contributed by atoms with Crippen LogP contribution in [0.1, 0.15) is 34.8 Å². The van der Waals surface area contributed by atoms with Crippen molar-refractivity contribution in [3.05, 3.63) is 70.8 Å². The summed E-state index contributed by atoms with van der Waals surface area (Å²) in [5.74, 6) is -0.718. The van der Waals surface area contributed by atoms with E-state index in [4.69, 9.17) is 5.73 Å². The molecular weight excluding hydrogens is 320 g/mol. The number of piperidine rings is 1. The number of hydrogen-bond donors (Lipinski definition) is 1. The number of nitrogens with two attached hydrogens (primary N) is 1. The van der Waals surface area contributed by atoms with Crippen LogP contribution in [0.25, 0.3) is 0 Å². The Labute approximate surface area is 145 Å². The van der Waals surface area contributed by atoms with Crippen LogP contribution in [0.4, 0.5) is 0 Å². The Bertz CT molecular complexity index is 838. The SMILES string of the molecule is NC(=O)c1ccccc1[CH]C(=O)N1CCC(n2ccncc2=O)CC1. The van der Waals surface area contributed by atoms with Crippen molar-refractivity contribution in [1.29, 1.82) is 0 Å². The number of nitrogens with zero attached hydrogens (tertiary/aromatic N) is 3. The van der Waals surface area contributed by atoms with Crippen LogP contribution < -0.4 is 11.3 Å². The van der Waals surface area contributed by atoms with E-state index in [2.05, 4.69) is 4.98 Å². The summed E-state index contributed by atoms with van der Waals surface area (Å²) in [6, 6.07) is 6.83. The molecule has 2 N–H and O–H groups in total. The third-order valence-electron chi connectivity index (χ3n) is 4.43. The molecule has 0 saturated carbocycles. The average molecular weight is 339 g/mol. The average Bonchev–Trinajstić information content (AvgIpc) is 2.62. The molecule has 1 aromatic heterocycles. The second-order valence-electron chi connectivity index (χ2n) is 5.97. The van der Waals surface area contributed by atoms with Crippen molar-refractivity contribution in [2.24, 2.45) is 5.73 Å². The predicted octanol–water partition coefficient (Wildman–Crippen LogP) is 0.758. The fourth-order valence-electron chi connectivity index (χ4n) is 3.09. The van der Waals surface area contributed by atoms with Gasteiger partial charge >= 0.3 is 0 Å². The van der Waals surface area contributed by atoms with E-state index < -0.39 is 5.91 Å². The van der Waals surface area contributed by atoms with Gasteiger partial charge < -0.3 is 15.2 Å². The van der Waals surface area contributed by atoms with Gasteiger partial charge in [0.05, 0.1) is 12.6 Å². The Hall–Kier alpha value is -2.96. The van der Waals surface area contributed by atoms with E-state index in [0.29, 0.717) is 37.1 Å². The van der Waals surface area contributed by atoms with Gasteiger partial charge in [-0.05, 0) is 24.5 Å². The molecule has 1 aliphatic heterocycles. The predicted molar refractivity (Wildman–Crippen MR) is 91.7 cm³/mol. The van der Waals surface area contributed by atoms with Crippen molar-refractivity contribution in [1.82, 2.24) is 14.5 Å². The van der Waals surface area contributed by atoms with Crippen molar-refractivity contribution in [3.63, 3.8) is 0 Å².